The van der Waals surface area contributed by atoms with Gasteiger partial charge in [0.25, 0.3) is 0 Å². The first-order valence-electron chi connectivity index (χ1n) is 9.31. The summed E-state index contributed by atoms with van der Waals surface area (Å²) >= 11 is 0. The van der Waals surface area contributed by atoms with Crippen LogP contribution in [-0.2, 0) is 16.1 Å². The van der Waals surface area contributed by atoms with Crippen molar-refractivity contribution < 1.29 is 18.7 Å². The Bertz CT molecular complexity index is 1050. The van der Waals surface area contributed by atoms with Gasteiger partial charge in [0.05, 0.1) is 6.61 Å². The lowest BCUT2D eigenvalue weighted by atomic mass is 10.0. The third-order valence-electron chi connectivity index (χ3n) is 4.62. The van der Waals surface area contributed by atoms with Crippen LogP contribution in [0.15, 0.2) is 51.7 Å². The minimum Gasteiger partial charge on any atom is -0.494 e. The fraction of sp³-hybridized carbons (Fsp3) is 0.304. The molecule has 0 atom stereocenters. The van der Waals surface area contributed by atoms with E-state index in [0.29, 0.717) is 24.2 Å². The molecule has 0 saturated heterocycles. The number of carbonyl (C=O) groups excluding carboxylic acids is 1. The Balaban J connectivity index is 1.54. The van der Waals surface area contributed by atoms with Gasteiger partial charge in [0.2, 0.25) is 0 Å². The topological polar surface area (TPSA) is 65.7 Å². The molecule has 5 heteroatoms. The zero-order chi connectivity index (χ0) is 20.1. The highest BCUT2D eigenvalue weighted by atomic mass is 16.5. The lowest BCUT2D eigenvalue weighted by Crippen LogP contribution is -2.09. The average Bonchev–Trinajstić information content (AvgIpc) is 2.65. The highest BCUT2D eigenvalue weighted by Gasteiger charge is 2.10. The van der Waals surface area contributed by atoms with E-state index in [1.165, 1.54) is 6.07 Å². The van der Waals surface area contributed by atoms with Gasteiger partial charge in [-0.1, -0.05) is 12.1 Å². The van der Waals surface area contributed by atoms with Crippen molar-refractivity contribution in [2.45, 2.75) is 40.2 Å². The Labute approximate surface area is 163 Å². The van der Waals surface area contributed by atoms with E-state index >= 15 is 0 Å². The zero-order valence-corrected chi connectivity index (χ0v) is 16.4. The summed E-state index contributed by atoms with van der Waals surface area (Å²) in [6.45, 7) is 6.43. The molecule has 0 aliphatic heterocycles. The minimum atomic E-state index is -0.451. The lowest BCUT2D eigenvalue weighted by molar-refractivity contribution is -0.145. The molecule has 28 heavy (non-hydrogen) atoms. The second-order valence-corrected chi connectivity index (χ2v) is 6.95. The standard InChI is InChI=1S/C23H24O5/c1-15-6-4-7-19(10-15)26-9-5-8-22(24)27-14-18-13-23(25)28-21-12-17(3)16(2)11-20(18)21/h4,6-7,10-13H,5,8-9,14H2,1-3H3. The lowest BCUT2D eigenvalue weighted by Gasteiger charge is -2.10. The van der Waals surface area contributed by atoms with Gasteiger partial charge in [-0.05, 0) is 68.1 Å². The van der Waals surface area contributed by atoms with Gasteiger partial charge in [0.1, 0.15) is 17.9 Å². The second kappa shape index (κ2) is 8.74. The van der Waals surface area contributed by atoms with Gasteiger partial charge >= 0.3 is 11.6 Å². The fourth-order valence-corrected chi connectivity index (χ4v) is 2.94. The van der Waals surface area contributed by atoms with E-state index in [1.807, 2.05) is 57.2 Å². The summed E-state index contributed by atoms with van der Waals surface area (Å²) in [4.78, 5) is 23.8. The molecule has 0 bridgehead atoms. The molecule has 0 radical (unpaired) electrons. The molecule has 0 aliphatic carbocycles. The highest BCUT2D eigenvalue weighted by molar-refractivity contribution is 5.82. The average molecular weight is 380 g/mol. The normalized spacial score (nSPS) is 10.8. The van der Waals surface area contributed by atoms with Gasteiger partial charge in [-0.2, -0.15) is 0 Å². The van der Waals surface area contributed by atoms with Gasteiger partial charge < -0.3 is 13.9 Å². The van der Waals surface area contributed by atoms with Crippen molar-refractivity contribution in [1.29, 1.82) is 0 Å². The maximum absolute atomic E-state index is 12.0. The van der Waals surface area contributed by atoms with E-state index in [2.05, 4.69) is 0 Å². The fourth-order valence-electron chi connectivity index (χ4n) is 2.94. The number of hydrogen-bond donors (Lipinski definition) is 0. The molecule has 0 unspecified atom stereocenters. The molecule has 146 valence electrons. The van der Waals surface area contributed by atoms with Crippen LogP contribution in [0.4, 0.5) is 0 Å². The van der Waals surface area contributed by atoms with Crippen LogP contribution in [0.3, 0.4) is 0 Å². The van der Waals surface area contributed by atoms with Crippen LogP contribution >= 0.6 is 0 Å². The number of benzene rings is 2. The number of ether oxygens (including phenoxy) is 2. The third kappa shape index (κ3) is 5.00. The van der Waals surface area contributed by atoms with Gasteiger partial charge in [0.15, 0.2) is 0 Å². The third-order valence-corrected chi connectivity index (χ3v) is 4.62. The van der Waals surface area contributed by atoms with Crippen molar-refractivity contribution in [3.8, 4) is 5.75 Å². The van der Waals surface area contributed by atoms with E-state index in [9.17, 15) is 9.59 Å². The van der Waals surface area contributed by atoms with Crippen LogP contribution in [0.2, 0.25) is 0 Å². The van der Waals surface area contributed by atoms with Crippen molar-refractivity contribution in [2.75, 3.05) is 6.61 Å². The largest absolute Gasteiger partial charge is 0.494 e. The smallest absolute Gasteiger partial charge is 0.336 e. The predicted molar refractivity (Wildman–Crippen MR) is 108 cm³/mol. The second-order valence-electron chi connectivity index (χ2n) is 6.95. The van der Waals surface area contributed by atoms with Gasteiger partial charge in [-0.3, -0.25) is 4.79 Å². The Morgan fingerprint density at radius 2 is 1.82 bits per heavy atom. The van der Waals surface area contributed by atoms with E-state index in [4.69, 9.17) is 13.9 Å². The molecule has 0 saturated carbocycles. The maximum atomic E-state index is 12.0. The Kier molecular flexibility index (Phi) is 6.14. The number of carbonyl (C=O) groups is 1. The van der Waals surface area contributed by atoms with Crippen LogP contribution in [0, 0.1) is 20.8 Å². The Morgan fingerprint density at radius 3 is 2.61 bits per heavy atom. The van der Waals surface area contributed by atoms with Crippen LogP contribution in [0.5, 0.6) is 5.75 Å². The molecular formula is C23H24O5. The highest BCUT2D eigenvalue weighted by Crippen LogP contribution is 2.22. The summed E-state index contributed by atoms with van der Waals surface area (Å²) in [5, 5.41) is 0.790. The molecule has 0 amide bonds. The van der Waals surface area contributed by atoms with Gasteiger partial charge in [-0.25, -0.2) is 4.79 Å². The molecule has 0 fully saturated rings. The molecule has 5 nitrogen and oxygen atoms in total. The molecular weight excluding hydrogens is 356 g/mol. The Hall–Kier alpha value is -3.08. The van der Waals surface area contributed by atoms with Crippen LogP contribution in [0.1, 0.15) is 35.1 Å². The first-order valence-corrected chi connectivity index (χ1v) is 9.31. The van der Waals surface area contributed by atoms with Crippen LogP contribution in [0.25, 0.3) is 11.0 Å². The van der Waals surface area contributed by atoms with Crippen molar-refractivity contribution in [3.63, 3.8) is 0 Å². The quantitative estimate of drug-likeness (QED) is 0.340. The Morgan fingerprint density at radius 1 is 1.04 bits per heavy atom. The number of hydrogen-bond acceptors (Lipinski definition) is 5. The number of esters is 1. The zero-order valence-electron chi connectivity index (χ0n) is 16.4. The molecule has 0 spiro atoms. The van der Waals surface area contributed by atoms with Crippen molar-refractivity contribution in [1.82, 2.24) is 0 Å². The molecule has 0 N–H and O–H groups in total. The van der Waals surface area contributed by atoms with Crippen molar-refractivity contribution in [3.05, 3.63) is 75.1 Å². The summed E-state index contributed by atoms with van der Waals surface area (Å²) in [5.74, 6) is 0.472. The van der Waals surface area contributed by atoms with Crippen LogP contribution < -0.4 is 10.4 Å². The molecule has 1 heterocycles. The monoisotopic (exact) mass is 380 g/mol. The van der Waals surface area contributed by atoms with Crippen LogP contribution in [-0.4, -0.2) is 12.6 Å². The van der Waals surface area contributed by atoms with Gasteiger partial charge in [-0.15, -0.1) is 0 Å². The molecule has 1 aromatic heterocycles. The molecule has 3 rings (SSSR count). The van der Waals surface area contributed by atoms with Crippen molar-refractivity contribution in [2.24, 2.45) is 0 Å². The summed E-state index contributed by atoms with van der Waals surface area (Å²) in [5.41, 5.74) is 3.96. The number of aryl methyl sites for hydroxylation is 3. The minimum absolute atomic E-state index is 0.0438. The predicted octanol–water partition coefficient (Wildman–Crippen LogP) is 4.62. The molecule has 0 aliphatic rings. The van der Waals surface area contributed by atoms with E-state index in [-0.39, 0.29) is 19.0 Å². The summed E-state index contributed by atoms with van der Waals surface area (Å²) in [6, 6.07) is 12.9. The first-order chi connectivity index (χ1) is 13.4. The van der Waals surface area contributed by atoms with E-state index in [0.717, 1.165) is 27.8 Å². The summed E-state index contributed by atoms with van der Waals surface area (Å²) in [6.07, 6.45) is 0.812. The summed E-state index contributed by atoms with van der Waals surface area (Å²) < 4.78 is 16.3. The maximum Gasteiger partial charge on any atom is 0.336 e. The number of rotatable bonds is 7. The van der Waals surface area contributed by atoms with Gasteiger partial charge in [0, 0.05) is 23.4 Å². The molecule has 3 aromatic rings. The van der Waals surface area contributed by atoms with E-state index in [1.54, 1.807) is 0 Å². The SMILES string of the molecule is Cc1cccc(OCCCC(=O)OCc2cc(=O)oc3cc(C)c(C)cc23)c1. The number of fused-ring (bicyclic) bond motifs is 1. The van der Waals surface area contributed by atoms with Crippen molar-refractivity contribution >= 4 is 16.9 Å². The summed E-state index contributed by atoms with van der Waals surface area (Å²) in [7, 11) is 0. The first kappa shape index (κ1) is 19.7. The molecule has 2 aromatic carbocycles. The van der Waals surface area contributed by atoms with E-state index < -0.39 is 5.63 Å².